The second kappa shape index (κ2) is 9.40. The van der Waals surface area contributed by atoms with Crippen LogP contribution in [0.2, 0.25) is 0 Å². The van der Waals surface area contributed by atoms with Crippen LogP contribution in [-0.4, -0.2) is 31.3 Å². The summed E-state index contributed by atoms with van der Waals surface area (Å²) in [6, 6.07) is 11.8. The number of ether oxygens (including phenoxy) is 1. The van der Waals surface area contributed by atoms with Crippen LogP contribution >= 0.6 is 0 Å². The lowest BCUT2D eigenvalue weighted by Crippen LogP contribution is -2.44. The molecular formula is C20H29N3O3. The van der Waals surface area contributed by atoms with Crippen LogP contribution in [0.1, 0.15) is 36.5 Å². The largest absolute Gasteiger partial charge is 0.463 e. The Balaban J connectivity index is 2.01. The smallest absolute Gasteiger partial charge is 0.191 e. The first-order valence-electron chi connectivity index (χ1n) is 8.83. The molecule has 0 aliphatic rings. The highest BCUT2D eigenvalue weighted by molar-refractivity contribution is 5.79. The van der Waals surface area contributed by atoms with Crippen LogP contribution in [-0.2, 0) is 23.5 Å². The molecule has 0 radical (unpaired) electrons. The Morgan fingerprint density at radius 2 is 2.00 bits per heavy atom. The number of rotatable bonds is 8. The molecule has 142 valence electrons. The molecule has 0 spiro atoms. The SMILES string of the molecule is CCNC(=NCc1cccc(COC)c1)NCC(C)(O)c1ccc(C)o1. The summed E-state index contributed by atoms with van der Waals surface area (Å²) in [6.45, 7) is 7.72. The Hall–Kier alpha value is -2.31. The minimum Gasteiger partial charge on any atom is -0.463 e. The first-order valence-corrected chi connectivity index (χ1v) is 8.83. The summed E-state index contributed by atoms with van der Waals surface area (Å²) in [7, 11) is 1.68. The standard InChI is InChI=1S/C20H29N3O3/c1-5-21-19(22-12-16-7-6-8-17(11-16)13-25-4)23-14-20(3,24)18-10-9-15(2)26-18/h6-11,24H,5,12-14H2,1-4H3,(H2,21,22,23). The van der Waals surface area contributed by atoms with Crippen LogP contribution in [0.3, 0.4) is 0 Å². The van der Waals surface area contributed by atoms with Gasteiger partial charge in [0.25, 0.3) is 0 Å². The first kappa shape index (κ1) is 20.0. The molecule has 2 rings (SSSR count). The normalized spacial score (nSPS) is 14.1. The Labute approximate surface area is 155 Å². The van der Waals surface area contributed by atoms with Gasteiger partial charge in [-0.25, -0.2) is 4.99 Å². The van der Waals surface area contributed by atoms with Gasteiger partial charge in [0.1, 0.15) is 17.1 Å². The van der Waals surface area contributed by atoms with Gasteiger partial charge in [0.2, 0.25) is 0 Å². The lowest BCUT2D eigenvalue weighted by Gasteiger charge is -2.22. The van der Waals surface area contributed by atoms with Gasteiger partial charge in [-0.3, -0.25) is 0 Å². The van der Waals surface area contributed by atoms with Crippen LogP contribution in [0.15, 0.2) is 45.8 Å². The van der Waals surface area contributed by atoms with Crippen LogP contribution in [0.4, 0.5) is 0 Å². The van der Waals surface area contributed by atoms with Crippen molar-refractivity contribution in [3.05, 3.63) is 59.0 Å². The third kappa shape index (κ3) is 5.89. The zero-order valence-corrected chi connectivity index (χ0v) is 16.0. The third-order valence-electron chi connectivity index (χ3n) is 3.94. The van der Waals surface area contributed by atoms with Gasteiger partial charge in [-0.05, 0) is 44.0 Å². The topological polar surface area (TPSA) is 79.0 Å². The van der Waals surface area contributed by atoms with Gasteiger partial charge in [-0.15, -0.1) is 0 Å². The van der Waals surface area contributed by atoms with E-state index in [1.54, 1.807) is 20.1 Å². The maximum atomic E-state index is 10.6. The van der Waals surface area contributed by atoms with Crippen molar-refractivity contribution in [2.75, 3.05) is 20.2 Å². The average molecular weight is 359 g/mol. The lowest BCUT2D eigenvalue weighted by atomic mass is 10.0. The molecule has 1 aromatic carbocycles. The molecule has 0 saturated heterocycles. The molecule has 0 bridgehead atoms. The van der Waals surface area contributed by atoms with Gasteiger partial charge in [0.15, 0.2) is 5.96 Å². The Kier molecular flexibility index (Phi) is 7.24. The fourth-order valence-corrected chi connectivity index (χ4v) is 2.56. The maximum absolute atomic E-state index is 10.6. The zero-order valence-electron chi connectivity index (χ0n) is 16.0. The fourth-order valence-electron chi connectivity index (χ4n) is 2.56. The monoisotopic (exact) mass is 359 g/mol. The summed E-state index contributed by atoms with van der Waals surface area (Å²) in [4.78, 5) is 4.60. The van der Waals surface area contributed by atoms with E-state index in [4.69, 9.17) is 9.15 Å². The van der Waals surface area contributed by atoms with Crippen molar-refractivity contribution in [1.82, 2.24) is 10.6 Å². The molecule has 1 atom stereocenters. The molecule has 0 fully saturated rings. The van der Waals surface area contributed by atoms with Gasteiger partial charge in [0.05, 0.1) is 19.7 Å². The van der Waals surface area contributed by atoms with Crippen LogP contribution < -0.4 is 10.6 Å². The molecule has 2 aromatic rings. The Morgan fingerprint density at radius 1 is 1.23 bits per heavy atom. The molecule has 1 unspecified atom stereocenters. The summed E-state index contributed by atoms with van der Waals surface area (Å²) in [5, 5.41) is 17.0. The third-order valence-corrected chi connectivity index (χ3v) is 3.94. The quantitative estimate of drug-likeness (QED) is 0.499. The Bertz CT molecular complexity index is 723. The van der Waals surface area contributed by atoms with E-state index in [0.29, 0.717) is 24.9 Å². The van der Waals surface area contributed by atoms with Gasteiger partial charge in [-0.2, -0.15) is 0 Å². The predicted octanol–water partition coefficient (Wildman–Crippen LogP) is 2.70. The maximum Gasteiger partial charge on any atom is 0.191 e. The number of aliphatic imine (C=N–C) groups is 1. The van der Waals surface area contributed by atoms with Crippen molar-refractivity contribution in [1.29, 1.82) is 0 Å². The van der Waals surface area contributed by atoms with Gasteiger partial charge >= 0.3 is 0 Å². The molecule has 6 heteroatoms. The highest BCUT2D eigenvalue weighted by Gasteiger charge is 2.27. The zero-order chi connectivity index (χ0) is 19.0. The number of guanidine groups is 1. The van der Waals surface area contributed by atoms with Crippen LogP contribution in [0.5, 0.6) is 0 Å². The number of hydrogen-bond acceptors (Lipinski definition) is 4. The summed E-state index contributed by atoms with van der Waals surface area (Å²) in [6.07, 6.45) is 0. The van der Waals surface area contributed by atoms with Gasteiger partial charge < -0.3 is 24.9 Å². The Morgan fingerprint density at radius 3 is 2.65 bits per heavy atom. The highest BCUT2D eigenvalue weighted by Crippen LogP contribution is 2.21. The summed E-state index contributed by atoms with van der Waals surface area (Å²) in [5.41, 5.74) is 1.10. The van der Waals surface area contributed by atoms with E-state index < -0.39 is 5.60 Å². The summed E-state index contributed by atoms with van der Waals surface area (Å²) < 4.78 is 10.7. The minimum absolute atomic E-state index is 0.287. The predicted molar refractivity (Wildman–Crippen MR) is 103 cm³/mol. The van der Waals surface area contributed by atoms with Crippen molar-refractivity contribution < 1.29 is 14.3 Å². The molecule has 0 amide bonds. The molecule has 26 heavy (non-hydrogen) atoms. The van der Waals surface area contributed by atoms with E-state index in [1.165, 1.54) is 0 Å². The number of nitrogens with one attached hydrogen (secondary N) is 2. The number of methoxy groups -OCH3 is 1. The molecular weight excluding hydrogens is 330 g/mol. The van der Waals surface area contributed by atoms with Crippen molar-refractivity contribution >= 4 is 5.96 Å². The molecule has 0 aliphatic carbocycles. The number of aryl methyl sites for hydroxylation is 1. The number of furan rings is 1. The van der Waals surface area contributed by atoms with E-state index in [0.717, 1.165) is 23.4 Å². The molecule has 6 nitrogen and oxygen atoms in total. The van der Waals surface area contributed by atoms with Crippen molar-refractivity contribution in [3.8, 4) is 0 Å². The number of hydrogen-bond donors (Lipinski definition) is 3. The molecule has 0 saturated carbocycles. The molecule has 1 aromatic heterocycles. The second-order valence-corrected chi connectivity index (χ2v) is 6.49. The summed E-state index contributed by atoms with van der Waals surface area (Å²) >= 11 is 0. The van der Waals surface area contributed by atoms with E-state index in [9.17, 15) is 5.11 Å². The van der Waals surface area contributed by atoms with Crippen molar-refractivity contribution in [3.63, 3.8) is 0 Å². The average Bonchev–Trinajstić information content (AvgIpc) is 3.05. The van der Waals surface area contributed by atoms with Gasteiger partial charge in [-0.1, -0.05) is 24.3 Å². The first-order chi connectivity index (χ1) is 12.4. The lowest BCUT2D eigenvalue weighted by molar-refractivity contribution is 0.0378. The number of benzene rings is 1. The number of nitrogens with zero attached hydrogens (tertiary/aromatic N) is 1. The van der Waals surface area contributed by atoms with Crippen LogP contribution in [0.25, 0.3) is 0 Å². The highest BCUT2D eigenvalue weighted by atomic mass is 16.5. The molecule has 1 heterocycles. The van der Waals surface area contributed by atoms with E-state index >= 15 is 0 Å². The fraction of sp³-hybridized carbons (Fsp3) is 0.450. The summed E-state index contributed by atoms with van der Waals surface area (Å²) in [5.74, 6) is 1.95. The van der Waals surface area contributed by atoms with Gasteiger partial charge in [0, 0.05) is 13.7 Å². The van der Waals surface area contributed by atoms with E-state index in [2.05, 4.69) is 21.7 Å². The van der Waals surface area contributed by atoms with Crippen LogP contribution in [0, 0.1) is 6.92 Å². The number of aliphatic hydroxyl groups is 1. The molecule has 3 N–H and O–H groups in total. The van der Waals surface area contributed by atoms with E-state index in [1.807, 2.05) is 38.1 Å². The molecule has 0 aliphatic heterocycles. The van der Waals surface area contributed by atoms with E-state index in [-0.39, 0.29) is 6.54 Å². The van der Waals surface area contributed by atoms with Crippen molar-refractivity contribution in [2.24, 2.45) is 4.99 Å². The van der Waals surface area contributed by atoms with Crippen molar-refractivity contribution in [2.45, 2.75) is 39.5 Å². The minimum atomic E-state index is -1.12. The second-order valence-electron chi connectivity index (χ2n) is 6.49.